The fraction of sp³-hybridized carbons (Fsp3) is 0. The van der Waals surface area contributed by atoms with E-state index in [4.69, 9.17) is 0 Å². The van der Waals surface area contributed by atoms with Crippen LogP contribution in [-0.2, 0) is 0 Å². The molecule has 0 fully saturated rings. The van der Waals surface area contributed by atoms with E-state index in [1.165, 1.54) is 6.07 Å². The van der Waals surface area contributed by atoms with Crippen molar-refractivity contribution in [2.24, 2.45) is 0 Å². The summed E-state index contributed by atoms with van der Waals surface area (Å²) in [5.74, 6) is -0.265. The van der Waals surface area contributed by atoms with Gasteiger partial charge in [0.1, 0.15) is 5.82 Å². The van der Waals surface area contributed by atoms with Crippen LogP contribution in [0.25, 0.3) is 22.4 Å². The van der Waals surface area contributed by atoms with Crippen molar-refractivity contribution in [1.29, 1.82) is 0 Å². The van der Waals surface area contributed by atoms with Crippen LogP contribution >= 0.6 is 0 Å². The number of benzene rings is 1. The highest BCUT2D eigenvalue weighted by atomic mass is 19.1. The molecule has 0 saturated heterocycles. The Balaban J connectivity index is 2.09. The van der Waals surface area contributed by atoms with Gasteiger partial charge in [0.2, 0.25) is 0 Å². The summed E-state index contributed by atoms with van der Waals surface area (Å²) >= 11 is 0. The van der Waals surface area contributed by atoms with Crippen LogP contribution in [0.2, 0.25) is 0 Å². The summed E-state index contributed by atoms with van der Waals surface area (Å²) in [6, 6.07) is 14.2. The molecule has 1 aromatic carbocycles. The molecule has 3 aromatic rings. The van der Waals surface area contributed by atoms with E-state index in [9.17, 15) is 4.39 Å². The summed E-state index contributed by atoms with van der Waals surface area (Å²) in [6.07, 6.45) is 5.19. The Labute approximate surface area is 110 Å². The molecule has 0 aliphatic heterocycles. The Morgan fingerprint density at radius 3 is 2.53 bits per heavy atom. The molecule has 0 spiro atoms. The molecule has 0 saturated carbocycles. The predicted molar refractivity (Wildman–Crippen MR) is 72.9 cm³/mol. The zero-order chi connectivity index (χ0) is 13.1. The molecule has 3 rings (SSSR count). The highest BCUT2D eigenvalue weighted by Crippen LogP contribution is 2.25. The van der Waals surface area contributed by atoms with E-state index < -0.39 is 0 Å². The third kappa shape index (κ3) is 2.36. The normalized spacial score (nSPS) is 10.4. The first kappa shape index (κ1) is 11.5. The molecular weight excluding hydrogens is 239 g/mol. The molecule has 2 nitrogen and oxygen atoms in total. The van der Waals surface area contributed by atoms with Gasteiger partial charge in [-0.1, -0.05) is 18.2 Å². The van der Waals surface area contributed by atoms with E-state index in [1.807, 2.05) is 24.3 Å². The lowest BCUT2D eigenvalue weighted by molar-refractivity contribution is 0.631. The smallest absolute Gasteiger partial charge is 0.132 e. The van der Waals surface area contributed by atoms with Crippen LogP contribution in [0.5, 0.6) is 0 Å². The molecule has 0 radical (unpaired) electrons. The molecule has 0 N–H and O–H groups in total. The number of hydrogen-bond donors (Lipinski definition) is 0. The number of halogens is 1. The number of pyridine rings is 2. The van der Waals surface area contributed by atoms with Crippen LogP contribution in [0.1, 0.15) is 0 Å². The number of hydrogen-bond acceptors (Lipinski definition) is 2. The fourth-order valence-corrected chi connectivity index (χ4v) is 1.96. The molecule has 0 unspecified atom stereocenters. The van der Waals surface area contributed by atoms with Crippen molar-refractivity contribution in [2.45, 2.75) is 0 Å². The van der Waals surface area contributed by atoms with Gasteiger partial charge in [-0.2, -0.15) is 0 Å². The predicted octanol–water partition coefficient (Wildman–Crippen LogP) is 3.95. The summed E-state index contributed by atoms with van der Waals surface area (Å²) in [5, 5.41) is 0. The zero-order valence-corrected chi connectivity index (χ0v) is 10.1. The van der Waals surface area contributed by atoms with Crippen LogP contribution in [0.15, 0.2) is 67.1 Å². The minimum Gasteiger partial charge on any atom is -0.264 e. The first-order chi connectivity index (χ1) is 9.34. The van der Waals surface area contributed by atoms with Crippen molar-refractivity contribution in [1.82, 2.24) is 9.97 Å². The number of nitrogens with zero attached hydrogens (tertiary/aromatic N) is 2. The van der Waals surface area contributed by atoms with Crippen LogP contribution in [-0.4, -0.2) is 9.97 Å². The Morgan fingerprint density at radius 2 is 1.74 bits per heavy atom. The maximum Gasteiger partial charge on any atom is 0.132 e. The molecule has 19 heavy (non-hydrogen) atoms. The average Bonchev–Trinajstić information content (AvgIpc) is 2.49. The van der Waals surface area contributed by atoms with Crippen LogP contribution in [0.3, 0.4) is 0 Å². The molecule has 2 heterocycles. The number of aromatic nitrogens is 2. The second-order valence-corrected chi connectivity index (χ2v) is 4.15. The fourth-order valence-electron chi connectivity index (χ4n) is 1.96. The van der Waals surface area contributed by atoms with Gasteiger partial charge in [0.15, 0.2) is 0 Å². The van der Waals surface area contributed by atoms with Gasteiger partial charge >= 0.3 is 0 Å². The lowest BCUT2D eigenvalue weighted by atomic mass is 10.0. The highest BCUT2D eigenvalue weighted by molar-refractivity contribution is 5.69. The van der Waals surface area contributed by atoms with Crippen LogP contribution in [0, 0.1) is 5.82 Å². The van der Waals surface area contributed by atoms with Crippen LogP contribution in [0.4, 0.5) is 4.39 Å². The minimum absolute atomic E-state index is 0.265. The van der Waals surface area contributed by atoms with Gasteiger partial charge in [0.05, 0.1) is 5.69 Å². The third-order valence-corrected chi connectivity index (χ3v) is 2.90. The van der Waals surface area contributed by atoms with Gasteiger partial charge in [-0.3, -0.25) is 9.97 Å². The molecule has 0 bridgehead atoms. The third-order valence-electron chi connectivity index (χ3n) is 2.90. The largest absolute Gasteiger partial charge is 0.264 e. The van der Waals surface area contributed by atoms with Crippen LogP contribution < -0.4 is 0 Å². The summed E-state index contributed by atoms with van der Waals surface area (Å²) < 4.78 is 13.8. The summed E-state index contributed by atoms with van der Waals surface area (Å²) in [7, 11) is 0. The van der Waals surface area contributed by atoms with Gasteiger partial charge in [-0.25, -0.2) is 4.39 Å². The molecule has 3 heteroatoms. The van der Waals surface area contributed by atoms with Gasteiger partial charge < -0.3 is 0 Å². The van der Waals surface area contributed by atoms with E-state index in [-0.39, 0.29) is 5.82 Å². The second kappa shape index (κ2) is 4.98. The Hall–Kier alpha value is -2.55. The van der Waals surface area contributed by atoms with E-state index in [0.29, 0.717) is 11.3 Å². The molecule has 0 amide bonds. The van der Waals surface area contributed by atoms with Crippen molar-refractivity contribution in [2.75, 3.05) is 0 Å². The minimum atomic E-state index is -0.265. The second-order valence-electron chi connectivity index (χ2n) is 4.15. The Bertz CT molecular complexity index is 696. The Morgan fingerprint density at radius 1 is 0.842 bits per heavy atom. The Kier molecular flexibility index (Phi) is 3.02. The van der Waals surface area contributed by atoms with Crippen molar-refractivity contribution < 1.29 is 4.39 Å². The summed E-state index contributed by atoms with van der Waals surface area (Å²) in [5.41, 5.74) is 3.09. The zero-order valence-electron chi connectivity index (χ0n) is 10.1. The lowest BCUT2D eigenvalue weighted by Gasteiger charge is -2.05. The molecule has 0 aliphatic carbocycles. The van der Waals surface area contributed by atoms with Gasteiger partial charge in [-0.15, -0.1) is 0 Å². The maximum atomic E-state index is 13.8. The van der Waals surface area contributed by atoms with Gasteiger partial charge in [0.25, 0.3) is 0 Å². The monoisotopic (exact) mass is 250 g/mol. The summed E-state index contributed by atoms with van der Waals surface area (Å²) in [4.78, 5) is 8.32. The highest BCUT2D eigenvalue weighted by Gasteiger charge is 2.06. The maximum absolute atomic E-state index is 13.8. The van der Waals surface area contributed by atoms with Crippen molar-refractivity contribution in [3.63, 3.8) is 0 Å². The van der Waals surface area contributed by atoms with E-state index in [1.54, 1.807) is 36.8 Å². The van der Waals surface area contributed by atoms with Crippen molar-refractivity contribution in [3.05, 3.63) is 72.9 Å². The molecular formula is C16H11FN2. The first-order valence-corrected chi connectivity index (χ1v) is 5.96. The van der Waals surface area contributed by atoms with Crippen molar-refractivity contribution in [3.8, 4) is 22.4 Å². The topological polar surface area (TPSA) is 25.8 Å². The summed E-state index contributed by atoms with van der Waals surface area (Å²) in [6.45, 7) is 0. The number of rotatable bonds is 2. The molecule has 2 aromatic heterocycles. The molecule has 0 aliphatic rings. The SMILES string of the molecule is Fc1ccccc1-c1cc(-c2cccnc2)ccn1. The standard InChI is InChI=1S/C16H11FN2/c17-15-6-2-1-5-14(15)16-10-12(7-9-19-16)13-4-3-8-18-11-13/h1-11H. The molecule has 0 atom stereocenters. The van der Waals surface area contributed by atoms with Gasteiger partial charge in [-0.05, 0) is 35.9 Å². The van der Waals surface area contributed by atoms with Crippen molar-refractivity contribution >= 4 is 0 Å². The van der Waals surface area contributed by atoms with E-state index in [0.717, 1.165) is 11.1 Å². The average molecular weight is 250 g/mol. The first-order valence-electron chi connectivity index (χ1n) is 5.96. The lowest BCUT2D eigenvalue weighted by Crippen LogP contribution is -1.88. The van der Waals surface area contributed by atoms with E-state index >= 15 is 0 Å². The van der Waals surface area contributed by atoms with Gasteiger partial charge in [0, 0.05) is 29.7 Å². The van der Waals surface area contributed by atoms with E-state index in [2.05, 4.69) is 9.97 Å². The quantitative estimate of drug-likeness (QED) is 0.688. The molecule has 92 valence electrons.